The lowest BCUT2D eigenvalue weighted by molar-refractivity contribution is -0.255. The fourth-order valence-corrected chi connectivity index (χ4v) is 9.22. The van der Waals surface area contributed by atoms with Crippen LogP contribution in [0.25, 0.3) is 0 Å². The number of allylic oxidation sites excluding steroid dienone is 1. The number of aliphatic hydroxyl groups excluding tert-OH is 2. The van der Waals surface area contributed by atoms with Crippen molar-refractivity contribution in [1.82, 2.24) is 9.88 Å². The Morgan fingerprint density at radius 2 is 1.95 bits per heavy atom. The lowest BCUT2D eigenvalue weighted by atomic mass is 9.55. The molecule has 1 amide bonds. The van der Waals surface area contributed by atoms with E-state index in [1.807, 2.05) is 44.2 Å². The van der Waals surface area contributed by atoms with Gasteiger partial charge in [0, 0.05) is 49.8 Å². The molecule has 1 saturated heterocycles. The van der Waals surface area contributed by atoms with E-state index in [1.165, 1.54) is 7.11 Å². The molecule has 1 aromatic heterocycles. The van der Waals surface area contributed by atoms with Crippen LogP contribution in [0.1, 0.15) is 100 Å². The fraction of sp³-hybridized carbons (Fsp3) is 0.614. The number of aromatic nitrogens is 1. The highest BCUT2D eigenvalue weighted by atomic mass is 16.8. The van der Waals surface area contributed by atoms with Crippen LogP contribution in [-0.4, -0.2) is 90.1 Å². The van der Waals surface area contributed by atoms with Crippen LogP contribution in [0.2, 0.25) is 0 Å². The summed E-state index contributed by atoms with van der Waals surface area (Å²) in [4.78, 5) is 26.4. The zero-order valence-corrected chi connectivity index (χ0v) is 33.4. The molecule has 306 valence electrons. The molecular weight excluding hydrogens is 714 g/mol. The zero-order chi connectivity index (χ0) is 39.5. The number of amides is 1. The van der Waals surface area contributed by atoms with Gasteiger partial charge in [-0.25, -0.2) is 4.79 Å². The first kappa shape index (κ1) is 41.7. The Labute approximate surface area is 331 Å². The van der Waals surface area contributed by atoms with Crippen LogP contribution in [0.4, 0.5) is 4.79 Å². The number of aryl methyl sites for hydroxylation is 1. The second-order valence-corrected chi connectivity index (χ2v) is 15.4. The number of hydrogen-bond acceptors (Lipinski definition) is 11. The molecule has 1 saturated carbocycles. The smallest absolute Gasteiger partial charge is 0.409 e. The minimum absolute atomic E-state index is 0.0948. The summed E-state index contributed by atoms with van der Waals surface area (Å²) in [5.41, 5.74) is 4.45. The van der Waals surface area contributed by atoms with Gasteiger partial charge in [0.15, 0.2) is 0 Å². The van der Waals surface area contributed by atoms with Crippen molar-refractivity contribution in [1.29, 1.82) is 0 Å². The molecule has 12 nitrogen and oxygen atoms in total. The normalized spacial score (nSPS) is 27.3. The van der Waals surface area contributed by atoms with Crippen molar-refractivity contribution < 1.29 is 43.5 Å². The van der Waals surface area contributed by atoms with Crippen LogP contribution in [-0.2, 0) is 25.7 Å². The van der Waals surface area contributed by atoms with Crippen molar-refractivity contribution >= 4 is 11.8 Å². The molecule has 2 aliphatic heterocycles. The average Bonchev–Trinajstić information content (AvgIpc) is 3.22. The summed E-state index contributed by atoms with van der Waals surface area (Å²) in [6, 6.07) is 11.2. The number of unbranched alkanes of at least 4 members (excludes halogenated alkanes) is 2. The van der Waals surface area contributed by atoms with E-state index in [9.17, 15) is 15.0 Å². The molecule has 2 aliphatic carbocycles. The quantitative estimate of drug-likeness (QED) is 0.0833. The first-order valence-electron chi connectivity index (χ1n) is 20.6. The molecule has 1 aromatic carbocycles. The second kappa shape index (κ2) is 19.9. The lowest BCUT2D eigenvalue weighted by Gasteiger charge is -2.59. The van der Waals surface area contributed by atoms with Crippen molar-refractivity contribution in [2.75, 3.05) is 40.1 Å². The van der Waals surface area contributed by atoms with E-state index >= 15 is 0 Å². The SMILES string of the molecule is C=CCOC12Oc3ccc(OCc4cccc(C)n4)cc3C3C(CCCCO)C(CCCCO)C=C(C(=NOC4CCCCO4)CC1N(CCC)C(=O)OC)C32. The predicted octanol–water partition coefficient (Wildman–Crippen LogP) is 7.61. The number of fused-ring (bicyclic) bond motifs is 2. The first-order valence-corrected chi connectivity index (χ1v) is 20.6. The lowest BCUT2D eigenvalue weighted by Crippen LogP contribution is -2.70. The number of oxime groups is 1. The van der Waals surface area contributed by atoms with Crippen LogP contribution in [0, 0.1) is 24.7 Å². The maximum absolute atomic E-state index is 13.8. The van der Waals surface area contributed by atoms with Crippen molar-refractivity contribution in [3.05, 3.63) is 77.7 Å². The molecule has 2 fully saturated rings. The number of methoxy groups -OCH3 is 1. The third kappa shape index (κ3) is 9.25. The third-order valence-corrected chi connectivity index (χ3v) is 11.6. The molecule has 2 aromatic rings. The van der Waals surface area contributed by atoms with Crippen LogP contribution < -0.4 is 9.47 Å². The maximum Gasteiger partial charge on any atom is 0.409 e. The van der Waals surface area contributed by atoms with Crippen LogP contribution in [0.15, 0.2) is 65.9 Å². The summed E-state index contributed by atoms with van der Waals surface area (Å²) in [6.45, 7) is 9.76. The molecule has 0 radical (unpaired) electrons. The number of aliphatic hydroxyl groups is 2. The van der Waals surface area contributed by atoms with Gasteiger partial charge >= 0.3 is 6.09 Å². The maximum atomic E-state index is 13.8. The molecule has 0 bridgehead atoms. The molecule has 3 heterocycles. The van der Waals surface area contributed by atoms with Gasteiger partial charge in [0.05, 0.1) is 37.6 Å². The summed E-state index contributed by atoms with van der Waals surface area (Å²) in [7, 11) is 1.40. The van der Waals surface area contributed by atoms with Gasteiger partial charge in [-0.2, -0.15) is 0 Å². The Kier molecular flexibility index (Phi) is 14.8. The van der Waals surface area contributed by atoms with Crippen LogP contribution in [0.5, 0.6) is 11.5 Å². The molecule has 0 spiro atoms. The second-order valence-electron chi connectivity index (χ2n) is 15.4. The number of benzene rings is 1. The molecule has 4 aliphatic rings. The van der Waals surface area contributed by atoms with Gasteiger partial charge in [0.2, 0.25) is 12.1 Å². The van der Waals surface area contributed by atoms with E-state index in [2.05, 4.69) is 23.7 Å². The van der Waals surface area contributed by atoms with Gasteiger partial charge in [0.1, 0.15) is 24.1 Å². The van der Waals surface area contributed by atoms with Gasteiger partial charge in [-0.3, -0.25) is 9.88 Å². The third-order valence-electron chi connectivity index (χ3n) is 11.6. The first-order chi connectivity index (χ1) is 27.4. The van der Waals surface area contributed by atoms with Crippen molar-refractivity contribution in [3.63, 3.8) is 0 Å². The Balaban J connectivity index is 1.55. The zero-order valence-electron chi connectivity index (χ0n) is 33.4. The largest absolute Gasteiger partial charge is 0.487 e. The minimum Gasteiger partial charge on any atom is -0.487 e. The summed E-state index contributed by atoms with van der Waals surface area (Å²) >= 11 is 0. The topological polar surface area (TPSA) is 141 Å². The van der Waals surface area contributed by atoms with E-state index in [4.69, 9.17) is 33.7 Å². The van der Waals surface area contributed by atoms with Gasteiger partial charge in [-0.15, -0.1) is 6.58 Å². The molecule has 7 atom stereocenters. The average molecular weight is 776 g/mol. The molecular formula is C44H61N3O9. The van der Waals surface area contributed by atoms with Gasteiger partial charge in [0.25, 0.3) is 0 Å². The van der Waals surface area contributed by atoms with Gasteiger partial charge < -0.3 is 38.7 Å². The van der Waals surface area contributed by atoms with E-state index < -0.39 is 30.1 Å². The number of carbonyl (C=O) groups excluding carboxylic acids is 1. The van der Waals surface area contributed by atoms with E-state index in [1.54, 1.807) is 11.0 Å². The number of rotatable bonds is 19. The Morgan fingerprint density at radius 1 is 1.12 bits per heavy atom. The highest BCUT2D eigenvalue weighted by Crippen LogP contribution is 2.62. The monoisotopic (exact) mass is 775 g/mol. The fourth-order valence-electron chi connectivity index (χ4n) is 9.22. The van der Waals surface area contributed by atoms with Crippen molar-refractivity contribution in [3.8, 4) is 11.5 Å². The Hall–Kier alpha value is -3.97. The van der Waals surface area contributed by atoms with Crippen LogP contribution >= 0.6 is 0 Å². The number of ether oxygens (including phenoxy) is 5. The van der Waals surface area contributed by atoms with Gasteiger partial charge in [-0.1, -0.05) is 43.1 Å². The number of pyridine rings is 1. The Morgan fingerprint density at radius 3 is 2.66 bits per heavy atom. The predicted molar refractivity (Wildman–Crippen MR) is 212 cm³/mol. The van der Waals surface area contributed by atoms with E-state index in [0.29, 0.717) is 56.9 Å². The Bertz CT molecular complexity index is 1680. The van der Waals surface area contributed by atoms with E-state index in [-0.39, 0.29) is 37.6 Å². The molecule has 7 unspecified atom stereocenters. The van der Waals surface area contributed by atoms with Crippen molar-refractivity contribution in [2.45, 2.75) is 115 Å². The summed E-state index contributed by atoms with van der Waals surface area (Å²) < 4.78 is 32.0. The number of carbonyl (C=O) groups is 1. The molecule has 2 N–H and O–H groups in total. The van der Waals surface area contributed by atoms with Crippen LogP contribution in [0.3, 0.4) is 0 Å². The number of nitrogens with zero attached hydrogens (tertiary/aromatic N) is 3. The highest BCUT2D eigenvalue weighted by molar-refractivity contribution is 6.03. The molecule has 56 heavy (non-hydrogen) atoms. The standard InChI is InChI=1S/C44H61N3O9/c1-5-21-47(43(50)51-4)39-28-37(46-56-40-18-9-12-25-52-40)35-26-31(15-7-10-22-48)34(17-8-11-23-49)41-36-27-33(53-29-32-16-13-14-30(3)45-32)19-20-38(36)55-44(39,42(35)41)54-24-6-2/h6,13-14,16,19-20,26-27,31,34,39-42,48-49H,2,5,7-12,15,17-18,21-25,28-29H2,1,3-4H3. The summed E-state index contributed by atoms with van der Waals surface area (Å²) in [5.74, 6) is -0.370. The van der Waals surface area contributed by atoms with Crippen molar-refractivity contribution in [2.24, 2.45) is 22.9 Å². The number of hydrogen-bond donors (Lipinski definition) is 2. The molecule has 6 rings (SSSR count). The molecule has 12 heteroatoms. The summed E-state index contributed by atoms with van der Waals surface area (Å²) in [6.07, 6.45) is 11.6. The highest BCUT2D eigenvalue weighted by Gasteiger charge is 2.65. The summed E-state index contributed by atoms with van der Waals surface area (Å²) in [5, 5.41) is 24.6. The van der Waals surface area contributed by atoms with E-state index in [0.717, 1.165) is 73.2 Å². The van der Waals surface area contributed by atoms with Gasteiger partial charge in [-0.05, 0) is 99.6 Å². The minimum atomic E-state index is -1.35.